The summed E-state index contributed by atoms with van der Waals surface area (Å²) in [5.74, 6) is 2.36. The first kappa shape index (κ1) is 17.1. The first-order valence-corrected chi connectivity index (χ1v) is 9.74. The summed E-state index contributed by atoms with van der Waals surface area (Å²) < 4.78 is 14.1. The average molecular weight is 437 g/mol. The van der Waals surface area contributed by atoms with E-state index in [4.69, 9.17) is 14.5 Å². The summed E-state index contributed by atoms with van der Waals surface area (Å²) in [6.45, 7) is 3.20. The number of aryl methyl sites for hydroxylation is 1. The average Bonchev–Trinajstić information content (AvgIpc) is 3.06. The van der Waals surface area contributed by atoms with E-state index in [0.717, 1.165) is 44.5 Å². The third-order valence-corrected chi connectivity index (χ3v) is 5.02. The summed E-state index contributed by atoms with van der Waals surface area (Å²) in [4.78, 5) is 9.10. The minimum absolute atomic E-state index is 0.555. The molecule has 1 aliphatic heterocycles. The van der Waals surface area contributed by atoms with Crippen molar-refractivity contribution in [2.24, 2.45) is 0 Å². The number of nitrogens with one attached hydrogen (secondary N) is 1. The molecule has 3 heterocycles. The van der Waals surface area contributed by atoms with E-state index < -0.39 is 0 Å². The number of hydrogen-bond donors (Lipinski definition) is 1. The van der Waals surface area contributed by atoms with Gasteiger partial charge in [0, 0.05) is 23.5 Å². The van der Waals surface area contributed by atoms with Crippen molar-refractivity contribution >= 4 is 33.1 Å². The van der Waals surface area contributed by atoms with Crippen molar-refractivity contribution in [3.8, 4) is 22.8 Å². The van der Waals surface area contributed by atoms with Crippen LogP contribution in [0.5, 0.6) is 11.5 Å². The molecule has 0 bridgehead atoms. The molecule has 1 N–H and O–H groups in total. The maximum Gasteiger partial charge on any atom is 0.163 e. The van der Waals surface area contributed by atoms with Crippen molar-refractivity contribution in [2.45, 2.75) is 6.92 Å². The predicted molar refractivity (Wildman–Crippen MR) is 112 cm³/mol. The van der Waals surface area contributed by atoms with Gasteiger partial charge in [0.05, 0.1) is 6.20 Å². The Morgan fingerprint density at radius 3 is 2.64 bits per heavy atom. The van der Waals surface area contributed by atoms with Crippen molar-refractivity contribution in [2.75, 3.05) is 18.5 Å². The van der Waals surface area contributed by atoms with Gasteiger partial charge in [-0.3, -0.25) is 4.40 Å². The molecule has 1 aliphatic rings. The number of imidazole rings is 1. The topological polar surface area (TPSA) is 60.7 Å². The van der Waals surface area contributed by atoms with E-state index in [-0.39, 0.29) is 0 Å². The Kier molecular flexibility index (Phi) is 4.16. The summed E-state index contributed by atoms with van der Waals surface area (Å²) >= 11 is 3.45. The molecule has 7 heteroatoms. The van der Waals surface area contributed by atoms with Gasteiger partial charge in [0.1, 0.15) is 29.3 Å². The molecule has 0 atom stereocenters. The van der Waals surface area contributed by atoms with E-state index in [9.17, 15) is 0 Å². The number of fused-ring (bicyclic) bond motifs is 2. The van der Waals surface area contributed by atoms with Crippen molar-refractivity contribution < 1.29 is 9.47 Å². The van der Waals surface area contributed by atoms with E-state index >= 15 is 0 Å². The molecule has 140 valence electrons. The lowest BCUT2D eigenvalue weighted by atomic mass is 10.1. The van der Waals surface area contributed by atoms with Gasteiger partial charge in [0.15, 0.2) is 17.1 Å². The quantitative estimate of drug-likeness (QED) is 0.490. The molecular formula is C21H17BrN4O2. The Labute approximate surface area is 170 Å². The normalized spacial score (nSPS) is 12.9. The zero-order chi connectivity index (χ0) is 19.1. The Morgan fingerprint density at radius 2 is 1.82 bits per heavy atom. The van der Waals surface area contributed by atoms with E-state index in [2.05, 4.69) is 57.4 Å². The van der Waals surface area contributed by atoms with Crippen LogP contribution in [0.2, 0.25) is 0 Å². The zero-order valence-electron chi connectivity index (χ0n) is 15.1. The van der Waals surface area contributed by atoms with Gasteiger partial charge in [-0.15, -0.1) is 0 Å². The lowest BCUT2D eigenvalue weighted by Gasteiger charge is -2.19. The molecular weight excluding hydrogens is 420 g/mol. The summed E-state index contributed by atoms with van der Waals surface area (Å²) in [5.41, 5.74) is 4.75. The maximum absolute atomic E-state index is 5.71. The van der Waals surface area contributed by atoms with Crippen LogP contribution in [0.25, 0.3) is 16.9 Å². The number of benzene rings is 2. The van der Waals surface area contributed by atoms with Crippen LogP contribution in [0.1, 0.15) is 5.56 Å². The standard InChI is InChI=1S/C21H17BrN4O2/c1-13-2-4-14(5-3-13)20-21(26-12-18(22)23-11-19(26)25-20)24-15-6-7-16-17(10-15)28-9-8-27-16/h2-7,10-12,24H,8-9H2,1H3. The lowest BCUT2D eigenvalue weighted by molar-refractivity contribution is 0.171. The van der Waals surface area contributed by atoms with Crippen LogP contribution in [-0.4, -0.2) is 27.6 Å². The second-order valence-corrected chi connectivity index (χ2v) is 7.41. The lowest BCUT2D eigenvalue weighted by Crippen LogP contribution is -2.15. The van der Waals surface area contributed by atoms with Crippen LogP contribution in [0.4, 0.5) is 11.5 Å². The highest BCUT2D eigenvalue weighted by atomic mass is 79.9. The molecule has 0 unspecified atom stereocenters. The number of nitrogens with zero attached hydrogens (tertiary/aromatic N) is 3. The molecule has 0 radical (unpaired) electrons. The highest BCUT2D eigenvalue weighted by Gasteiger charge is 2.17. The molecule has 0 amide bonds. The van der Waals surface area contributed by atoms with E-state index in [1.807, 2.05) is 28.8 Å². The highest BCUT2D eigenvalue weighted by molar-refractivity contribution is 9.10. The van der Waals surface area contributed by atoms with Crippen LogP contribution >= 0.6 is 15.9 Å². The van der Waals surface area contributed by atoms with Gasteiger partial charge in [-0.05, 0) is 35.0 Å². The smallest absolute Gasteiger partial charge is 0.163 e. The minimum atomic E-state index is 0.555. The molecule has 2 aromatic carbocycles. The molecule has 28 heavy (non-hydrogen) atoms. The number of rotatable bonds is 3. The molecule has 2 aromatic heterocycles. The number of anilines is 2. The second-order valence-electron chi connectivity index (χ2n) is 6.60. The van der Waals surface area contributed by atoms with Gasteiger partial charge in [-0.25, -0.2) is 9.97 Å². The van der Waals surface area contributed by atoms with Crippen LogP contribution in [0.3, 0.4) is 0 Å². The predicted octanol–water partition coefficient (Wildman–Crippen LogP) is 4.98. The van der Waals surface area contributed by atoms with Gasteiger partial charge in [-0.2, -0.15) is 0 Å². The molecule has 0 spiro atoms. The molecule has 0 fully saturated rings. The third-order valence-electron chi connectivity index (χ3n) is 4.61. The van der Waals surface area contributed by atoms with Crippen molar-refractivity contribution in [1.29, 1.82) is 0 Å². The van der Waals surface area contributed by atoms with Gasteiger partial charge < -0.3 is 14.8 Å². The number of halogens is 1. The Bertz CT molecular complexity index is 1170. The number of ether oxygens (including phenoxy) is 2. The molecule has 6 nitrogen and oxygen atoms in total. The summed E-state index contributed by atoms with van der Waals surface area (Å²) in [7, 11) is 0. The minimum Gasteiger partial charge on any atom is -0.486 e. The second kappa shape index (κ2) is 6.83. The van der Waals surface area contributed by atoms with E-state index in [0.29, 0.717) is 13.2 Å². The summed E-state index contributed by atoms with van der Waals surface area (Å²) in [5, 5.41) is 3.50. The highest BCUT2D eigenvalue weighted by Crippen LogP contribution is 2.36. The largest absolute Gasteiger partial charge is 0.486 e. The molecule has 0 saturated heterocycles. The SMILES string of the molecule is Cc1ccc(-c2nc3cnc(Br)cn3c2Nc2ccc3c(c2)OCCO3)cc1. The van der Waals surface area contributed by atoms with Crippen LogP contribution < -0.4 is 14.8 Å². The number of aromatic nitrogens is 3. The summed E-state index contributed by atoms with van der Waals surface area (Å²) in [6, 6.07) is 14.2. The maximum atomic E-state index is 5.71. The van der Waals surface area contributed by atoms with E-state index in [1.165, 1.54) is 5.56 Å². The van der Waals surface area contributed by atoms with Gasteiger partial charge in [0.2, 0.25) is 0 Å². The van der Waals surface area contributed by atoms with Crippen LogP contribution in [-0.2, 0) is 0 Å². The fourth-order valence-corrected chi connectivity index (χ4v) is 3.53. The van der Waals surface area contributed by atoms with Crippen molar-refractivity contribution in [1.82, 2.24) is 14.4 Å². The molecule has 0 aliphatic carbocycles. The van der Waals surface area contributed by atoms with Crippen LogP contribution in [0.15, 0.2) is 59.5 Å². The third kappa shape index (κ3) is 3.07. The molecule has 0 saturated carbocycles. The van der Waals surface area contributed by atoms with E-state index in [1.54, 1.807) is 6.20 Å². The van der Waals surface area contributed by atoms with Crippen molar-refractivity contribution in [3.05, 3.63) is 65.0 Å². The fourth-order valence-electron chi connectivity index (χ4n) is 3.22. The van der Waals surface area contributed by atoms with Crippen molar-refractivity contribution in [3.63, 3.8) is 0 Å². The monoisotopic (exact) mass is 436 g/mol. The molecule has 5 rings (SSSR count). The fraction of sp³-hybridized carbons (Fsp3) is 0.143. The number of hydrogen-bond acceptors (Lipinski definition) is 5. The van der Waals surface area contributed by atoms with Crippen LogP contribution in [0, 0.1) is 6.92 Å². The Hall–Kier alpha value is -3.06. The van der Waals surface area contributed by atoms with Gasteiger partial charge in [0.25, 0.3) is 0 Å². The zero-order valence-corrected chi connectivity index (χ0v) is 16.7. The van der Waals surface area contributed by atoms with Gasteiger partial charge >= 0.3 is 0 Å². The molecule has 4 aromatic rings. The Morgan fingerprint density at radius 1 is 1.04 bits per heavy atom. The first-order valence-electron chi connectivity index (χ1n) is 8.95. The first-order chi connectivity index (χ1) is 13.7. The Balaban J connectivity index is 1.63. The van der Waals surface area contributed by atoms with Gasteiger partial charge in [-0.1, -0.05) is 29.8 Å². The summed E-state index contributed by atoms with van der Waals surface area (Å²) in [6.07, 6.45) is 3.65.